The Bertz CT molecular complexity index is 589. The van der Waals surface area contributed by atoms with E-state index in [1.54, 1.807) is 22.5 Å². The number of halogens is 1. The molecule has 1 saturated heterocycles. The number of hydrogen-bond donors (Lipinski definition) is 1. The molecule has 0 aromatic heterocycles. The third kappa shape index (κ3) is 3.97. The van der Waals surface area contributed by atoms with Crippen LogP contribution in [0.25, 0.3) is 0 Å². The second-order valence-electron chi connectivity index (χ2n) is 5.72. The van der Waals surface area contributed by atoms with Gasteiger partial charge in [0.1, 0.15) is 0 Å². The molecule has 0 saturated carbocycles. The fourth-order valence-electron chi connectivity index (χ4n) is 2.66. The Morgan fingerprint density at radius 2 is 2.10 bits per heavy atom. The van der Waals surface area contributed by atoms with E-state index in [4.69, 9.17) is 11.6 Å². The summed E-state index contributed by atoms with van der Waals surface area (Å²) < 4.78 is 27.2. The second-order valence-corrected chi connectivity index (χ2v) is 8.07. The first-order valence-electron chi connectivity index (χ1n) is 7.38. The molecule has 0 spiro atoms. The van der Waals surface area contributed by atoms with Gasteiger partial charge in [-0.05, 0) is 56.0 Å². The molecule has 4 nitrogen and oxygen atoms in total. The quantitative estimate of drug-likeness (QED) is 0.923. The van der Waals surface area contributed by atoms with E-state index in [1.807, 2.05) is 7.05 Å². The highest BCUT2D eigenvalue weighted by Gasteiger charge is 2.27. The molecule has 6 heteroatoms. The van der Waals surface area contributed by atoms with Gasteiger partial charge in [0.15, 0.2) is 0 Å². The molecule has 21 heavy (non-hydrogen) atoms. The second kappa shape index (κ2) is 7.09. The first-order chi connectivity index (χ1) is 9.95. The van der Waals surface area contributed by atoms with Gasteiger partial charge in [-0.25, -0.2) is 8.42 Å². The minimum Gasteiger partial charge on any atom is -0.316 e. The van der Waals surface area contributed by atoms with E-state index in [9.17, 15) is 8.42 Å². The van der Waals surface area contributed by atoms with Crippen molar-refractivity contribution in [2.24, 2.45) is 5.92 Å². The van der Waals surface area contributed by atoms with Crippen LogP contribution in [0.15, 0.2) is 23.1 Å². The van der Waals surface area contributed by atoms with Gasteiger partial charge in [-0.1, -0.05) is 18.5 Å². The highest BCUT2D eigenvalue weighted by molar-refractivity contribution is 7.89. The molecule has 118 valence electrons. The summed E-state index contributed by atoms with van der Waals surface area (Å²) in [5, 5.41) is 3.60. The maximum absolute atomic E-state index is 12.8. The lowest BCUT2D eigenvalue weighted by Crippen LogP contribution is -2.32. The van der Waals surface area contributed by atoms with E-state index in [2.05, 4.69) is 12.2 Å². The SMILES string of the molecule is CNCc1cc(S(=O)(=O)N2CCCC(C)CC2)ccc1Cl. The zero-order valence-electron chi connectivity index (χ0n) is 12.6. The topological polar surface area (TPSA) is 49.4 Å². The molecule has 0 bridgehead atoms. The lowest BCUT2D eigenvalue weighted by molar-refractivity contribution is 0.416. The van der Waals surface area contributed by atoms with E-state index in [0.717, 1.165) is 24.8 Å². The van der Waals surface area contributed by atoms with Crippen molar-refractivity contribution in [2.75, 3.05) is 20.1 Å². The van der Waals surface area contributed by atoms with Gasteiger partial charge in [-0.15, -0.1) is 0 Å². The van der Waals surface area contributed by atoms with Crippen LogP contribution in [0.3, 0.4) is 0 Å². The summed E-state index contributed by atoms with van der Waals surface area (Å²) >= 11 is 6.11. The average Bonchev–Trinajstić information content (AvgIpc) is 2.66. The molecule has 0 amide bonds. The van der Waals surface area contributed by atoms with Crippen molar-refractivity contribution in [3.63, 3.8) is 0 Å². The van der Waals surface area contributed by atoms with Crippen LogP contribution in [-0.4, -0.2) is 32.9 Å². The highest BCUT2D eigenvalue weighted by Crippen LogP contribution is 2.26. The summed E-state index contributed by atoms with van der Waals surface area (Å²) in [6.45, 7) is 3.95. The third-order valence-electron chi connectivity index (χ3n) is 4.00. The van der Waals surface area contributed by atoms with Crippen LogP contribution in [0, 0.1) is 5.92 Å². The molecule has 1 unspecified atom stereocenters. The summed E-state index contributed by atoms with van der Waals surface area (Å²) in [6.07, 6.45) is 2.95. The predicted octanol–water partition coefficient (Wildman–Crippen LogP) is 2.87. The van der Waals surface area contributed by atoms with E-state index < -0.39 is 10.0 Å². The number of hydrogen-bond acceptors (Lipinski definition) is 3. The number of nitrogens with one attached hydrogen (secondary N) is 1. The zero-order chi connectivity index (χ0) is 15.5. The number of nitrogens with zero attached hydrogens (tertiary/aromatic N) is 1. The normalized spacial score (nSPS) is 21.2. The Labute approximate surface area is 132 Å². The standard InChI is InChI=1S/C15H23ClN2O2S/c1-12-4-3-8-18(9-7-12)21(19,20)14-5-6-15(16)13(10-14)11-17-2/h5-6,10,12,17H,3-4,7-9,11H2,1-2H3. The van der Waals surface area contributed by atoms with E-state index >= 15 is 0 Å². The fourth-order valence-corrected chi connectivity index (χ4v) is 4.39. The third-order valence-corrected chi connectivity index (χ3v) is 6.26. The lowest BCUT2D eigenvalue weighted by atomic mass is 10.0. The molecule has 1 heterocycles. The smallest absolute Gasteiger partial charge is 0.243 e. The molecule has 1 aliphatic rings. The van der Waals surface area contributed by atoms with Crippen molar-refractivity contribution < 1.29 is 8.42 Å². The van der Waals surface area contributed by atoms with Crippen molar-refractivity contribution in [3.05, 3.63) is 28.8 Å². The van der Waals surface area contributed by atoms with E-state index in [-0.39, 0.29) is 0 Å². The molecular weight excluding hydrogens is 308 g/mol. The van der Waals surface area contributed by atoms with Gasteiger partial charge >= 0.3 is 0 Å². The van der Waals surface area contributed by atoms with Gasteiger partial charge in [0.25, 0.3) is 0 Å². The molecule has 2 rings (SSSR count). The molecule has 0 aliphatic carbocycles. The number of sulfonamides is 1. The molecule has 1 N–H and O–H groups in total. The Kier molecular flexibility index (Phi) is 5.66. The minimum atomic E-state index is -3.42. The summed E-state index contributed by atoms with van der Waals surface area (Å²) in [5.41, 5.74) is 0.809. The van der Waals surface area contributed by atoms with Crippen molar-refractivity contribution in [3.8, 4) is 0 Å². The maximum atomic E-state index is 12.8. The Balaban J connectivity index is 2.28. The van der Waals surface area contributed by atoms with E-state index in [0.29, 0.717) is 35.5 Å². The molecule has 0 radical (unpaired) electrons. The van der Waals surface area contributed by atoms with Crippen LogP contribution < -0.4 is 5.32 Å². The van der Waals surface area contributed by atoms with Gasteiger partial charge in [0.2, 0.25) is 10.0 Å². The van der Waals surface area contributed by atoms with E-state index in [1.165, 1.54) is 0 Å². The molecule has 1 aliphatic heterocycles. The summed E-state index contributed by atoms with van der Waals surface area (Å²) in [6, 6.07) is 4.95. The van der Waals surface area contributed by atoms with Crippen LogP contribution in [0.4, 0.5) is 0 Å². The van der Waals surface area contributed by atoms with Gasteiger partial charge in [-0.3, -0.25) is 0 Å². The van der Waals surface area contributed by atoms with Crippen LogP contribution in [0.5, 0.6) is 0 Å². The van der Waals surface area contributed by atoms with Crippen LogP contribution in [-0.2, 0) is 16.6 Å². The van der Waals surface area contributed by atoms with Crippen molar-refractivity contribution >= 4 is 21.6 Å². The molecule has 1 aromatic rings. The molecule has 1 aromatic carbocycles. The monoisotopic (exact) mass is 330 g/mol. The maximum Gasteiger partial charge on any atom is 0.243 e. The zero-order valence-corrected chi connectivity index (χ0v) is 14.2. The number of rotatable bonds is 4. The van der Waals surface area contributed by atoms with Gasteiger partial charge in [0, 0.05) is 24.7 Å². The van der Waals surface area contributed by atoms with Crippen LogP contribution >= 0.6 is 11.6 Å². The Hall–Kier alpha value is -0.620. The van der Waals surface area contributed by atoms with Crippen molar-refractivity contribution in [1.29, 1.82) is 0 Å². The van der Waals surface area contributed by atoms with Crippen LogP contribution in [0.2, 0.25) is 5.02 Å². The Morgan fingerprint density at radius 3 is 2.81 bits per heavy atom. The molecule has 1 atom stereocenters. The average molecular weight is 331 g/mol. The summed E-state index contributed by atoms with van der Waals surface area (Å²) in [4.78, 5) is 0.340. The summed E-state index contributed by atoms with van der Waals surface area (Å²) in [7, 11) is -1.61. The Morgan fingerprint density at radius 1 is 1.33 bits per heavy atom. The number of benzene rings is 1. The summed E-state index contributed by atoms with van der Waals surface area (Å²) in [5.74, 6) is 0.593. The lowest BCUT2D eigenvalue weighted by Gasteiger charge is -2.20. The van der Waals surface area contributed by atoms with Gasteiger partial charge < -0.3 is 5.32 Å². The molecule has 1 fully saturated rings. The van der Waals surface area contributed by atoms with Gasteiger partial charge in [-0.2, -0.15) is 4.31 Å². The largest absolute Gasteiger partial charge is 0.316 e. The molecular formula is C15H23ClN2O2S. The highest BCUT2D eigenvalue weighted by atomic mass is 35.5. The van der Waals surface area contributed by atoms with Crippen LogP contribution in [0.1, 0.15) is 31.7 Å². The first-order valence-corrected chi connectivity index (χ1v) is 9.20. The van der Waals surface area contributed by atoms with Crippen molar-refractivity contribution in [1.82, 2.24) is 9.62 Å². The van der Waals surface area contributed by atoms with Crippen molar-refractivity contribution in [2.45, 2.75) is 37.6 Å². The first kappa shape index (κ1) is 16.7. The fraction of sp³-hybridized carbons (Fsp3) is 0.600. The van der Waals surface area contributed by atoms with Gasteiger partial charge in [0.05, 0.1) is 4.90 Å². The minimum absolute atomic E-state index is 0.340. The predicted molar refractivity (Wildman–Crippen MR) is 86.0 cm³/mol.